The predicted octanol–water partition coefficient (Wildman–Crippen LogP) is 7.94. The summed E-state index contributed by atoms with van der Waals surface area (Å²) in [6, 6.07) is 13.0. The molecule has 12 heteroatoms. The van der Waals surface area contributed by atoms with Gasteiger partial charge in [0.25, 0.3) is 5.91 Å². The van der Waals surface area contributed by atoms with Crippen molar-refractivity contribution in [1.82, 2.24) is 10.3 Å². The van der Waals surface area contributed by atoms with Crippen LogP contribution in [-0.4, -0.2) is 66.8 Å². The minimum atomic E-state index is -1.29. The molecule has 0 saturated heterocycles. The maximum atomic E-state index is 14.2. The van der Waals surface area contributed by atoms with Crippen molar-refractivity contribution in [2.45, 2.75) is 92.3 Å². The molecule has 12 nitrogen and oxygen atoms in total. The Hall–Kier alpha value is -5.65. The van der Waals surface area contributed by atoms with Crippen molar-refractivity contribution in [3.8, 4) is 16.9 Å². The van der Waals surface area contributed by atoms with E-state index in [1.807, 2.05) is 0 Å². The van der Waals surface area contributed by atoms with Crippen LogP contribution in [0.1, 0.15) is 128 Å². The van der Waals surface area contributed by atoms with Crippen molar-refractivity contribution < 1.29 is 42.9 Å². The molecule has 0 spiro atoms. The summed E-state index contributed by atoms with van der Waals surface area (Å²) in [6.07, 6.45) is 6.02. The number of benzene rings is 2. The van der Waals surface area contributed by atoms with E-state index in [2.05, 4.69) is 23.8 Å². The number of nitrogens with zero attached hydrogens (tertiary/aromatic N) is 1. The van der Waals surface area contributed by atoms with Crippen LogP contribution >= 0.6 is 0 Å². The van der Waals surface area contributed by atoms with Crippen molar-refractivity contribution in [2.75, 3.05) is 20.3 Å². The van der Waals surface area contributed by atoms with Gasteiger partial charge in [-0.05, 0) is 86.9 Å². The molecule has 1 unspecified atom stereocenters. The minimum Gasteiger partial charge on any atom is -0.496 e. The first-order chi connectivity index (χ1) is 26.6. The maximum absolute atomic E-state index is 14.2. The van der Waals surface area contributed by atoms with Gasteiger partial charge in [0, 0.05) is 42.3 Å². The van der Waals surface area contributed by atoms with Gasteiger partial charge in [0.2, 0.25) is 6.29 Å². The highest BCUT2D eigenvalue weighted by molar-refractivity contribution is 6.09. The fourth-order valence-electron chi connectivity index (χ4n) is 5.67. The quantitative estimate of drug-likeness (QED) is 0.0378. The summed E-state index contributed by atoms with van der Waals surface area (Å²) in [5.41, 5.74) is 1.32. The van der Waals surface area contributed by atoms with E-state index in [1.165, 1.54) is 26.2 Å². The van der Waals surface area contributed by atoms with E-state index in [4.69, 9.17) is 24.4 Å². The summed E-state index contributed by atoms with van der Waals surface area (Å²) in [5.74, 6) is -2.04. The molecule has 1 fully saturated rings. The van der Waals surface area contributed by atoms with E-state index in [0.29, 0.717) is 41.5 Å². The number of rotatable bonds is 20. The van der Waals surface area contributed by atoms with Crippen molar-refractivity contribution in [3.05, 3.63) is 88.8 Å². The smallest absolute Gasteiger partial charge is 0.360 e. The second-order valence-corrected chi connectivity index (χ2v) is 15.0. The highest BCUT2D eigenvalue weighted by Gasteiger charge is 2.30. The summed E-state index contributed by atoms with van der Waals surface area (Å²) < 4.78 is 21.8. The molecule has 2 aromatic carbocycles. The van der Waals surface area contributed by atoms with E-state index in [1.54, 1.807) is 63.2 Å². The average molecular weight is 768 g/mol. The van der Waals surface area contributed by atoms with Crippen LogP contribution in [0.15, 0.2) is 55.1 Å². The molecule has 56 heavy (non-hydrogen) atoms. The zero-order valence-electron chi connectivity index (χ0n) is 33.3. The predicted molar refractivity (Wildman–Crippen MR) is 213 cm³/mol. The van der Waals surface area contributed by atoms with Crippen LogP contribution < -0.4 is 10.1 Å². The third kappa shape index (κ3) is 12.2. The van der Waals surface area contributed by atoms with E-state index < -0.39 is 35.5 Å². The third-order valence-electron chi connectivity index (χ3n) is 9.16. The Balaban J connectivity index is 1.64. The number of ketones is 1. The highest BCUT2D eigenvalue weighted by Crippen LogP contribution is 2.35. The van der Waals surface area contributed by atoms with Gasteiger partial charge in [0.05, 0.1) is 25.6 Å². The summed E-state index contributed by atoms with van der Waals surface area (Å²) in [4.78, 5) is 70.4. The zero-order valence-corrected chi connectivity index (χ0v) is 33.3. The molecule has 1 heterocycles. The molecule has 1 aromatic heterocycles. The lowest BCUT2D eigenvalue weighted by Gasteiger charge is -2.21. The van der Waals surface area contributed by atoms with Crippen LogP contribution in [0.2, 0.25) is 0 Å². The molecule has 1 amide bonds. The number of carbonyl (C=O) groups is 5. The molecule has 0 aliphatic heterocycles. The molecule has 0 bridgehead atoms. The first kappa shape index (κ1) is 43.1. The Morgan fingerprint density at radius 2 is 1.70 bits per heavy atom. The van der Waals surface area contributed by atoms with Gasteiger partial charge in [0.15, 0.2) is 11.5 Å². The summed E-state index contributed by atoms with van der Waals surface area (Å²) in [6.45, 7) is 13.2. The number of hydrogen-bond donors (Lipinski definition) is 2. The number of esters is 3. The first-order valence-corrected chi connectivity index (χ1v) is 19.1. The molecular formula is C44H53N3O9. The van der Waals surface area contributed by atoms with Crippen LogP contribution in [0.25, 0.3) is 17.2 Å². The van der Waals surface area contributed by atoms with Crippen LogP contribution in [0, 0.1) is 16.7 Å². The largest absolute Gasteiger partial charge is 0.496 e. The number of aromatic nitrogens is 1. The number of pyridine rings is 1. The Bertz CT molecular complexity index is 1940. The lowest BCUT2D eigenvalue weighted by atomic mass is 9.90. The van der Waals surface area contributed by atoms with E-state index in [0.717, 1.165) is 38.5 Å². The normalized spacial score (nSPS) is 12.9. The molecule has 4 rings (SSSR count). The SMILES string of the molecule is C=Cc1cc(C(=O)Cc2ccc(C(=N)CC(=O)OCCCCCC)cc2)c(-c2ccc(C(=O)NCC3CC3)nc2C(=O)OC(C)OC(=O)C(C)(C)C)cc1OC. The van der Waals surface area contributed by atoms with Crippen molar-refractivity contribution in [2.24, 2.45) is 11.3 Å². The third-order valence-corrected chi connectivity index (χ3v) is 9.16. The molecule has 2 N–H and O–H groups in total. The zero-order chi connectivity index (χ0) is 41.0. The molecule has 298 valence electrons. The van der Waals surface area contributed by atoms with Crippen LogP contribution in [-0.2, 0) is 30.2 Å². The molecule has 0 radical (unpaired) electrons. The number of unbranched alkanes of at least 4 members (excludes halogenated alkanes) is 3. The van der Waals surface area contributed by atoms with Gasteiger partial charge in [0.1, 0.15) is 11.4 Å². The van der Waals surface area contributed by atoms with Crippen LogP contribution in [0.3, 0.4) is 0 Å². The topological polar surface area (TPSA) is 171 Å². The minimum absolute atomic E-state index is 0.0332. The lowest BCUT2D eigenvalue weighted by molar-refractivity contribution is -0.175. The van der Waals surface area contributed by atoms with Gasteiger partial charge in [-0.1, -0.05) is 63.1 Å². The van der Waals surface area contributed by atoms with E-state index in [-0.39, 0.29) is 52.4 Å². The van der Waals surface area contributed by atoms with Gasteiger partial charge in [-0.15, -0.1) is 0 Å². The average Bonchev–Trinajstić information content (AvgIpc) is 4.00. The molecule has 1 saturated carbocycles. The van der Waals surface area contributed by atoms with Gasteiger partial charge < -0.3 is 29.7 Å². The number of amides is 1. The van der Waals surface area contributed by atoms with Gasteiger partial charge in [-0.25, -0.2) is 9.78 Å². The summed E-state index contributed by atoms with van der Waals surface area (Å²) in [5, 5.41) is 11.3. The number of carbonyl (C=O) groups excluding carboxylic acids is 5. The standard InChI is InChI=1S/C44H53N3O9/c1-8-10-11-12-21-54-39(49)25-35(45)31-17-15-28(16-18-31)22-37(48)34-23-30(9-2)38(53-7)24-33(34)32-19-20-36(41(50)46-26-29-13-14-29)47-40(32)42(51)55-27(3)56-43(52)44(4,5)6/h9,15-20,23-24,27,29,45H,2,8,10-14,21-22,25-26H2,1,3-7H3,(H,46,50). The van der Waals surface area contributed by atoms with Gasteiger partial charge in [-0.3, -0.25) is 19.2 Å². The number of Topliss-reactive ketones (excluding diaryl/α,β-unsaturated/α-hetero) is 1. The Labute approximate surface area is 328 Å². The fraction of sp³-hybridized carbons (Fsp3) is 0.432. The summed E-state index contributed by atoms with van der Waals surface area (Å²) in [7, 11) is 1.46. The Kier molecular flexibility index (Phi) is 15.2. The monoisotopic (exact) mass is 767 g/mol. The second kappa shape index (κ2) is 19.8. The van der Waals surface area contributed by atoms with Gasteiger partial charge >= 0.3 is 17.9 Å². The molecule has 3 aromatic rings. The summed E-state index contributed by atoms with van der Waals surface area (Å²) >= 11 is 0. The number of nitrogens with one attached hydrogen (secondary N) is 2. The highest BCUT2D eigenvalue weighted by atomic mass is 16.7. The number of hydrogen-bond acceptors (Lipinski definition) is 11. The Morgan fingerprint density at radius 3 is 2.32 bits per heavy atom. The molecule has 1 aliphatic rings. The molecule has 1 aliphatic carbocycles. The van der Waals surface area contributed by atoms with E-state index >= 15 is 0 Å². The van der Waals surface area contributed by atoms with Crippen molar-refractivity contribution in [3.63, 3.8) is 0 Å². The van der Waals surface area contributed by atoms with E-state index in [9.17, 15) is 24.0 Å². The van der Waals surface area contributed by atoms with Crippen LogP contribution in [0.5, 0.6) is 5.75 Å². The number of methoxy groups -OCH3 is 1. The molecular weight excluding hydrogens is 714 g/mol. The second-order valence-electron chi connectivity index (χ2n) is 15.0. The number of ether oxygens (including phenoxy) is 4. The lowest BCUT2D eigenvalue weighted by Crippen LogP contribution is -2.30. The molecule has 1 atom stereocenters. The van der Waals surface area contributed by atoms with Crippen molar-refractivity contribution >= 4 is 41.4 Å². The first-order valence-electron chi connectivity index (χ1n) is 19.1. The maximum Gasteiger partial charge on any atom is 0.360 e. The van der Waals surface area contributed by atoms with Gasteiger partial charge in [-0.2, -0.15) is 0 Å². The van der Waals surface area contributed by atoms with Crippen LogP contribution in [0.4, 0.5) is 0 Å². The van der Waals surface area contributed by atoms with Crippen molar-refractivity contribution in [1.29, 1.82) is 5.41 Å². The fourth-order valence-corrected chi connectivity index (χ4v) is 5.67. The Morgan fingerprint density at radius 1 is 0.982 bits per heavy atom.